The summed E-state index contributed by atoms with van der Waals surface area (Å²) in [5, 5.41) is 0. The Labute approximate surface area is 149 Å². The van der Waals surface area contributed by atoms with E-state index in [1.54, 1.807) is 19.1 Å². The maximum Gasteiger partial charge on any atom is 0.250 e. The molecule has 6 nitrogen and oxygen atoms in total. The Hall–Kier alpha value is -2.21. The Balaban J connectivity index is 2.03. The average Bonchev–Trinajstić information content (AvgIpc) is 2.80. The lowest BCUT2D eigenvalue weighted by Crippen LogP contribution is -2.37. The summed E-state index contributed by atoms with van der Waals surface area (Å²) in [6.45, 7) is 4.20. The molecule has 1 atom stereocenters. The molecule has 0 bridgehead atoms. The van der Waals surface area contributed by atoms with Crippen molar-refractivity contribution in [1.29, 1.82) is 0 Å². The largest absolute Gasteiger partial charge is 0.497 e. The molecule has 0 N–H and O–H groups in total. The van der Waals surface area contributed by atoms with Gasteiger partial charge >= 0.3 is 0 Å². The van der Waals surface area contributed by atoms with Crippen LogP contribution in [0.1, 0.15) is 25.3 Å². The molecule has 6 heteroatoms. The summed E-state index contributed by atoms with van der Waals surface area (Å²) < 4.78 is 21.9. The van der Waals surface area contributed by atoms with Crippen LogP contribution >= 0.6 is 0 Å². The summed E-state index contributed by atoms with van der Waals surface area (Å²) >= 11 is 0. The highest BCUT2D eigenvalue weighted by atomic mass is 16.5. The van der Waals surface area contributed by atoms with Crippen molar-refractivity contribution in [2.75, 3.05) is 34.0 Å². The molecule has 0 unspecified atom stereocenters. The molecule has 1 heterocycles. The lowest BCUT2D eigenvalue weighted by Gasteiger charge is -2.25. The summed E-state index contributed by atoms with van der Waals surface area (Å²) in [6.07, 6.45) is 4.84. The van der Waals surface area contributed by atoms with Gasteiger partial charge in [-0.05, 0) is 18.6 Å². The van der Waals surface area contributed by atoms with Gasteiger partial charge in [-0.25, -0.2) is 0 Å². The standard InChI is InChI=1S/C19H27NO5/c1-4-5-9-24-14-17-13-20(19(21)8-10-25-17)12-15-6-7-16(22-2)11-18(15)23-3/h6-8,10-11,17H,4-5,9,12-14H2,1-3H3/t17-/m0/s1. The molecule has 0 aliphatic carbocycles. The van der Waals surface area contributed by atoms with Crippen LogP contribution in [0.3, 0.4) is 0 Å². The number of methoxy groups -OCH3 is 2. The van der Waals surface area contributed by atoms with Crippen molar-refractivity contribution in [3.63, 3.8) is 0 Å². The van der Waals surface area contributed by atoms with E-state index >= 15 is 0 Å². The molecule has 1 aliphatic heterocycles. The Morgan fingerprint density at radius 2 is 2.12 bits per heavy atom. The summed E-state index contributed by atoms with van der Waals surface area (Å²) in [5.74, 6) is 1.32. The Morgan fingerprint density at radius 3 is 2.84 bits per heavy atom. The van der Waals surface area contributed by atoms with Crippen LogP contribution in [0.25, 0.3) is 0 Å². The Kier molecular flexibility index (Phi) is 7.60. The molecule has 1 amide bonds. The maximum atomic E-state index is 12.3. The molecule has 138 valence electrons. The molecule has 0 saturated carbocycles. The third-order valence-electron chi connectivity index (χ3n) is 4.02. The number of carbonyl (C=O) groups excluding carboxylic acids is 1. The van der Waals surface area contributed by atoms with Gasteiger partial charge in [0.1, 0.15) is 17.6 Å². The van der Waals surface area contributed by atoms with Crippen LogP contribution in [0.15, 0.2) is 30.5 Å². The Morgan fingerprint density at radius 1 is 1.28 bits per heavy atom. The fourth-order valence-corrected chi connectivity index (χ4v) is 2.58. The second-order valence-electron chi connectivity index (χ2n) is 5.89. The fourth-order valence-electron chi connectivity index (χ4n) is 2.58. The first-order chi connectivity index (χ1) is 12.2. The highest BCUT2D eigenvalue weighted by molar-refractivity contribution is 5.87. The van der Waals surface area contributed by atoms with Gasteiger partial charge in [-0.3, -0.25) is 4.79 Å². The molecular formula is C19H27NO5. The van der Waals surface area contributed by atoms with Gasteiger partial charge in [0.15, 0.2) is 0 Å². The van der Waals surface area contributed by atoms with Gasteiger partial charge in [-0.2, -0.15) is 0 Å². The predicted molar refractivity (Wildman–Crippen MR) is 94.7 cm³/mol. The van der Waals surface area contributed by atoms with Gasteiger partial charge in [0.25, 0.3) is 0 Å². The van der Waals surface area contributed by atoms with Crippen molar-refractivity contribution < 1.29 is 23.7 Å². The molecule has 1 aliphatic rings. The monoisotopic (exact) mass is 349 g/mol. The smallest absolute Gasteiger partial charge is 0.250 e. The number of ether oxygens (including phenoxy) is 4. The van der Waals surface area contributed by atoms with Gasteiger partial charge in [0.2, 0.25) is 5.91 Å². The number of amides is 1. The number of unbranched alkanes of at least 4 members (excludes halogenated alkanes) is 1. The van der Waals surface area contributed by atoms with E-state index in [4.69, 9.17) is 18.9 Å². The first kappa shape index (κ1) is 19.1. The molecule has 1 aromatic rings. The average molecular weight is 349 g/mol. The molecule has 0 aromatic heterocycles. The lowest BCUT2D eigenvalue weighted by molar-refractivity contribution is -0.127. The number of nitrogens with zero attached hydrogens (tertiary/aromatic N) is 1. The van der Waals surface area contributed by atoms with Crippen LogP contribution in [-0.4, -0.2) is 50.9 Å². The summed E-state index contributed by atoms with van der Waals surface area (Å²) in [5.41, 5.74) is 0.914. The van der Waals surface area contributed by atoms with E-state index < -0.39 is 0 Å². The van der Waals surface area contributed by atoms with Crippen LogP contribution in [0.4, 0.5) is 0 Å². The zero-order valence-electron chi connectivity index (χ0n) is 15.2. The van der Waals surface area contributed by atoms with Crippen molar-refractivity contribution in [2.24, 2.45) is 0 Å². The molecule has 25 heavy (non-hydrogen) atoms. The maximum absolute atomic E-state index is 12.3. The minimum absolute atomic E-state index is 0.0890. The van der Waals surface area contributed by atoms with Crippen molar-refractivity contribution in [2.45, 2.75) is 32.4 Å². The summed E-state index contributed by atoms with van der Waals surface area (Å²) in [7, 11) is 3.22. The summed E-state index contributed by atoms with van der Waals surface area (Å²) in [4.78, 5) is 14.1. The number of hydrogen-bond acceptors (Lipinski definition) is 5. The quantitative estimate of drug-likeness (QED) is 0.642. The van der Waals surface area contributed by atoms with E-state index in [2.05, 4.69) is 6.92 Å². The fraction of sp³-hybridized carbons (Fsp3) is 0.526. The molecule has 0 fully saturated rings. The highest BCUT2D eigenvalue weighted by Crippen LogP contribution is 2.26. The van der Waals surface area contributed by atoms with E-state index in [1.165, 1.54) is 12.3 Å². The van der Waals surface area contributed by atoms with E-state index in [0.717, 1.165) is 18.4 Å². The predicted octanol–water partition coefficient (Wildman–Crippen LogP) is 2.76. The molecule has 2 rings (SSSR count). The van der Waals surface area contributed by atoms with Crippen molar-refractivity contribution >= 4 is 5.91 Å². The second kappa shape index (κ2) is 9.93. The summed E-state index contributed by atoms with van der Waals surface area (Å²) in [6, 6.07) is 5.58. The number of carbonyl (C=O) groups is 1. The zero-order valence-corrected chi connectivity index (χ0v) is 15.2. The third-order valence-corrected chi connectivity index (χ3v) is 4.02. The lowest BCUT2D eigenvalue weighted by atomic mass is 10.1. The Bertz CT molecular complexity index is 587. The van der Waals surface area contributed by atoms with Gasteiger partial charge in [-0.15, -0.1) is 0 Å². The van der Waals surface area contributed by atoms with E-state index in [0.29, 0.717) is 37.8 Å². The molecular weight excluding hydrogens is 322 g/mol. The number of rotatable bonds is 9. The van der Waals surface area contributed by atoms with Gasteiger partial charge in [0.05, 0.1) is 33.6 Å². The second-order valence-corrected chi connectivity index (χ2v) is 5.89. The minimum atomic E-state index is -0.177. The van der Waals surface area contributed by atoms with Gasteiger partial charge in [0, 0.05) is 30.9 Å². The van der Waals surface area contributed by atoms with E-state index in [1.807, 2.05) is 18.2 Å². The topological polar surface area (TPSA) is 57.2 Å². The van der Waals surface area contributed by atoms with Crippen LogP contribution in [0.2, 0.25) is 0 Å². The molecule has 0 spiro atoms. The highest BCUT2D eigenvalue weighted by Gasteiger charge is 2.22. The number of hydrogen-bond donors (Lipinski definition) is 0. The number of benzene rings is 1. The van der Waals surface area contributed by atoms with Crippen LogP contribution in [0.5, 0.6) is 11.5 Å². The molecule has 1 aromatic carbocycles. The van der Waals surface area contributed by atoms with Crippen LogP contribution < -0.4 is 9.47 Å². The SMILES string of the molecule is CCCCOC[C@@H]1CN(Cc2ccc(OC)cc2OC)C(=O)C=CO1. The van der Waals surface area contributed by atoms with E-state index in [9.17, 15) is 4.79 Å². The van der Waals surface area contributed by atoms with Gasteiger partial charge in [-0.1, -0.05) is 13.3 Å². The molecule has 0 radical (unpaired) electrons. The van der Waals surface area contributed by atoms with Crippen LogP contribution in [0, 0.1) is 0 Å². The first-order valence-corrected chi connectivity index (χ1v) is 8.57. The van der Waals surface area contributed by atoms with Crippen molar-refractivity contribution in [1.82, 2.24) is 4.90 Å². The van der Waals surface area contributed by atoms with Gasteiger partial charge < -0.3 is 23.8 Å². The van der Waals surface area contributed by atoms with Crippen LogP contribution in [-0.2, 0) is 20.8 Å². The third kappa shape index (κ3) is 5.67. The minimum Gasteiger partial charge on any atom is -0.497 e. The van der Waals surface area contributed by atoms with Crippen molar-refractivity contribution in [3.05, 3.63) is 36.1 Å². The van der Waals surface area contributed by atoms with E-state index in [-0.39, 0.29) is 12.0 Å². The first-order valence-electron chi connectivity index (χ1n) is 8.57. The van der Waals surface area contributed by atoms with Crippen molar-refractivity contribution in [3.8, 4) is 11.5 Å². The molecule has 0 saturated heterocycles. The normalized spacial score (nSPS) is 17.2. The zero-order chi connectivity index (χ0) is 18.1.